The van der Waals surface area contributed by atoms with E-state index in [0.29, 0.717) is 50.7 Å². The molecular weight excluding hydrogens is 694 g/mol. The Morgan fingerprint density at radius 3 is 2.29 bits per heavy atom. The van der Waals surface area contributed by atoms with Gasteiger partial charge in [-0.25, -0.2) is 0 Å². The van der Waals surface area contributed by atoms with E-state index in [2.05, 4.69) is 16.0 Å². The number of thioether (sulfide) groups is 1. The molecule has 5 aliphatic carbocycles. The number of benzene rings is 1. The summed E-state index contributed by atoms with van der Waals surface area (Å²) in [5, 5.41) is 17.8. The maximum Gasteiger partial charge on any atom is 0.312 e. The smallest absolute Gasteiger partial charge is 0.312 e. The van der Waals surface area contributed by atoms with Gasteiger partial charge in [0.1, 0.15) is 11.8 Å². The lowest BCUT2D eigenvalue weighted by Gasteiger charge is -2.63. The number of rotatable bonds is 16. The van der Waals surface area contributed by atoms with Crippen molar-refractivity contribution in [3.05, 3.63) is 54.1 Å². The lowest BCUT2D eigenvalue weighted by molar-refractivity contribution is -0.188. The van der Waals surface area contributed by atoms with Crippen LogP contribution in [0.2, 0.25) is 0 Å². The highest BCUT2D eigenvalue weighted by Crippen LogP contribution is 2.64. The average Bonchev–Trinajstić information content (AvgIpc) is 3.08. The number of allylic oxidation sites excluding steroid dienone is 4. The van der Waals surface area contributed by atoms with Gasteiger partial charge >= 0.3 is 5.97 Å². The van der Waals surface area contributed by atoms with Crippen LogP contribution in [0.4, 0.5) is 0 Å². The fourth-order valence-corrected chi connectivity index (χ4v) is 9.61. The summed E-state index contributed by atoms with van der Waals surface area (Å²) in [6.07, 6.45) is 14.7. The number of carbonyl (C=O) groups is 5. The number of esters is 1. The van der Waals surface area contributed by atoms with Crippen LogP contribution in [0.3, 0.4) is 0 Å². The van der Waals surface area contributed by atoms with Crippen LogP contribution in [-0.2, 0) is 35.1 Å². The number of halogens is 1. The Morgan fingerprint density at radius 2 is 1.69 bits per heavy atom. The third-order valence-electron chi connectivity index (χ3n) is 11.0. The van der Waals surface area contributed by atoms with Crippen LogP contribution in [0.25, 0.3) is 0 Å². The summed E-state index contributed by atoms with van der Waals surface area (Å²) in [6, 6.07) is 3.55. The minimum Gasteiger partial charge on any atom is -0.508 e. The van der Waals surface area contributed by atoms with Crippen molar-refractivity contribution in [3.8, 4) is 5.75 Å². The molecule has 1 aromatic rings. The SMILES string of the molecule is COC(=O)C12CC3CC(CC(N)(C3)C1C(=O)[C@H](CC1C=CC=CC1)NC(=O)CNC(=O)[C@@H](CCSC)NC(=O)[C@@H](N)Cc1ccc(O)cc1)C2.Cl. The quantitative estimate of drug-likeness (QED) is 0.136. The van der Waals surface area contributed by atoms with E-state index in [-0.39, 0.29) is 48.1 Å². The fourth-order valence-electron chi connectivity index (χ4n) is 9.14. The maximum atomic E-state index is 14.7. The molecule has 4 bridgehead atoms. The molecule has 4 unspecified atom stereocenters. The molecule has 14 heteroatoms. The number of aromatic hydroxyl groups is 1. The first kappa shape index (κ1) is 40.4. The monoisotopic (exact) mass is 745 g/mol. The molecule has 6 rings (SSSR count). The van der Waals surface area contributed by atoms with Crippen LogP contribution in [0.5, 0.6) is 5.75 Å². The zero-order chi connectivity index (χ0) is 36.1. The van der Waals surface area contributed by atoms with E-state index < -0.39 is 65.2 Å². The van der Waals surface area contributed by atoms with Gasteiger partial charge in [0.15, 0.2) is 5.78 Å². The number of carbonyl (C=O) groups excluding carboxylic acids is 5. The van der Waals surface area contributed by atoms with Crippen molar-refractivity contribution in [1.29, 1.82) is 0 Å². The van der Waals surface area contributed by atoms with Crippen molar-refractivity contribution >= 4 is 53.6 Å². The second-order valence-electron chi connectivity index (χ2n) is 14.7. The molecule has 8 N–H and O–H groups in total. The van der Waals surface area contributed by atoms with E-state index in [1.54, 1.807) is 12.1 Å². The van der Waals surface area contributed by atoms with Gasteiger partial charge in [0.2, 0.25) is 17.7 Å². The lowest BCUT2D eigenvalue weighted by Crippen LogP contribution is -2.72. The molecule has 1 aromatic carbocycles. The zero-order valence-electron chi connectivity index (χ0n) is 29.3. The molecule has 51 heavy (non-hydrogen) atoms. The van der Waals surface area contributed by atoms with Crippen molar-refractivity contribution in [3.63, 3.8) is 0 Å². The summed E-state index contributed by atoms with van der Waals surface area (Å²) >= 11 is 1.51. The average molecular weight is 746 g/mol. The minimum absolute atomic E-state index is 0. The van der Waals surface area contributed by atoms with Crippen molar-refractivity contribution in [2.75, 3.05) is 25.7 Å². The van der Waals surface area contributed by atoms with E-state index in [1.807, 2.05) is 30.6 Å². The number of phenolic OH excluding ortho intramolecular Hbond substituents is 1. The highest BCUT2D eigenvalue weighted by atomic mass is 35.5. The molecule has 3 amide bonds. The molecule has 7 atom stereocenters. The number of phenols is 1. The first-order valence-corrected chi connectivity index (χ1v) is 18.9. The van der Waals surface area contributed by atoms with Gasteiger partial charge < -0.3 is 37.3 Å². The van der Waals surface area contributed by atoms with Crippen LogP contribution < -0.4 is 27.4 Å². The van der Waals surface area contributed by atoms with E-state index in [0.717, 1.165) is 12.0 Å². The number of ketones is 1. The minimum atomic E-state index is -1.02. The highest BCUT2D eigenvalue weighted by molar-refractivity contribution is 7.98. The third-order valence-corrected chi connectivity index (χ3v) is 11.6. The van der Waals surface area contributed by atoms with Crippen molar-refractivity contribution in [2.24, 2.45) is 40.6 Å². The Labute approximate surface area is 310 Å². The molecule has 280 valence electrons. The Bertz CT molecular complexity index is 1490. The van der Waals surface area contributed by atoms with Gasteiger partial charge in [0, 0.05) is 5.54 Å². The number of hydrogen-bond acceptors (Lipinski definition) is 10. The predicted octanol–water partition coefficient (Wildman–Crippen LogP) is 2.31. The van der Waals surface area contributed by atoms with Crippen LogP contribution >= 0.6 is 24.2 Å². The summed E-state index contributed by atoms with van der Waals surface area (Å²) in [7, 11) is 1.35. The fraction of sp³-hybridized carbons (Fsp3) is 0.595. The number of nitrogens with two attached hydrogens (primary N) is 2. The topological polar surface area (TPSA) is 203 Å². The van der Waals surface area contributed by atoms with Crippen LogP contribution in [0.15, 0.2) is 48.6 Å². The summed E-state index contributed by atoms with van der Waals surface area (Å²) in [6.45, 7) is -0.418. The Morgan fingerprint density at radius 1 is 1.00 bits per heavy atom. The first-order chi connectivity index (χ1) is 23.9. The zero-order valence-corrected chi connectivity index (χ0v) is 30.9. The largest absolute Gasteiger partial charge is 0.508 e. The molecule has 12 nitrogen and oxygen atoms in total. The Kier molecular flexibility index (Phi) is 13.8. The third kappa shape index (κ3) is 9.35. The normalized spacial score (nSPS) is 28.9. The van der Waals surface area contributed by atoms with E-state index in [1.165, 1.54) is 31.0 Å². The Hall–Kier alpha value is -3.39. The molecule has 0 saturated heterocycles. The predicted molar refractivity (Wildman–Crippen MR) is 198 cm³/mol. The molecule has 0 aliphatic heterocycles. The standard InChI is InChI=1S/C37H51N5O7S.ClH/c1-49-35(48)36-17-24-14-25(18-36)20-37(39,19-24)32(36)31(45)29(16-22-6-4-3-5-7-22)41-30(44)21-40-34(47)28(12-13-50-2)42-33(46)27(38)15-23-8-10-26(43)11-9-23;/h3-6,8-11,22,24-25,27-29,32,43H,7,12-21,38-39H2,1-2H3,(H,40,47)(H,41,44)(H,42,46);1H/t22?,24?,25?,27-,28+,29-,32?,36?,37?;/m0./s1. The van der Waals surface area contributed by atoms with Crippen molar-refractivity contribution in [1.82, 2.24) is 16.0 Å². The number of Topliss-reactive ketones (excluding diaryl/α,β-unsaturated/α-hetero) is 1. The van der Waals surface area contributed by atoms with Gasteiger partial charge in [-0.2, -0.15) is 11.8 Å². The highest BCUT2D eigenvalue weighted by Gasteiger charge is 2.68. The number of hydrogen-bond donors (Lipinski definition) is 6. The van der Waals surface area contributed by atoms with Crippen LogP contribution in [0, 0.1) is 29.1 Å². The lowest BCUT2D eigenvalue weighted by atomic mass is 9.41. The van der Waals surface area contributed by atoms with Crippen LogP contribution in [0.1, 0.15) is 56.9 Å². The van der Waals surface area contributed by atoms with E-state index in [4.69, 9.17) is 16.2 Å². The number of methoxy groups -OCH3 is 1. The van der Waals surface area contributed by atoms with E-state index in [9.17, 15) is 29.1 Å². The van der Waals surface area contributed by atoms with Gasteiger partial charge in [0.25, 0.3) is 0 Å². The molecule has 0 heterocycles. The molecule has 5 aliphatic rings. The second-order valence-corrected chi connectivity index (χ2v) is 15.7. The van der Waals surface area contributed by atoms with E-state index >= 15 is 0 Å². The van der Waals surface area contributed by atoms with Gasteiger partial charge in [-0.05, 0) is 105 Å². The molecule has 0 radical (unpaired) electrons. The molecule has 0 spiro atoms. The summed E-state index contributed by atoms with van der Waals surface area (Å²) < 4.78 is 5.31. The number of ether oxygens (including phenoxy) is 1. The Balaban J connectivity index is 0.00000583. The van der Waals surface area contributed by atoms with Gasteiger partial charge in [-0.3, -0.25) is 24.0 Å². The summed E-state index contributed by atoms with van der Waals surface area (Å²) in [5.74, 6) is -1.91. The van der Waals surface area contributed by atoms with Crippen LogP contribution in [-0.4, -0.2) is 83.9 Å². The number of nitrogens with one attached hydrogen (secondary N) is 3. The van der Waals surface area contributed by atoms with Gasteiger partial charge in [0.05, 0.1) is 37.1 Å². The van der Waals surface area contributed by atoms with Gasteiger partial charge in [-0.15, -0.1) is 12.4 Å². The molecular formula is C37H52ClN5O7S. The maximum absolute atomic E-state index is 14.7. The summed E-state index contributed by atoms with van der Waals surface area (Å²) in [5.41, 5.74) is 12.1. The molecule has 4 fully saturated rings. The molecule has 0 aromatic heterocycles. The van der Waals surface area contributed by atoms with Gasteiger partial charge in [-0.1, -0.05) is 36.4 Å². The first-order valence-electron chi connectivity index (χ1n) is 17.5. The second kappa shape index (κ2) is 17.4. The molecule has 4 saturated carbocycles. The van der Waals surface area contributed by atoms with Crippen molar-refractivity contribution < 1.29 is 33.8 Å². The van der Waals surface area contributed by atoms with Crippen molar-refractivity contribution in [2.45, 2.75) is 81.5 Å². The summed E-state index contributed by atoms with van der Waals surface area (Å²) in [4.78, 5) is 67.9. The number of amides is 3.